The Hall–Kier alpha value is -2.78. The normalized spacial score (nSPS) is 12.1. The van der Waals surface area contributed by atoms with E-state index in [1.165, 1.54) is 42.3 Å². The molecule has 3 aromatic rings. The number of sulfonamides is 1. The second kappa shape index (κ2) is 12.2. The molecule has 0 aliphatic rings. The van der Waals surface area contributed by atoms with Crippen LogP contribution >= 0.6 is 34.8 Å². The summed E-state index contributed by atoms with van der Waals surface area (Å²) < 4.78 is 28.5. The van der Waals surface area contributed by atoms with Crippen LogP contribution in [0.3, 0.4) is 0 Å². The number of carbonyl (C=O) groups excluding carboxylic acids is 2. The third kappa shape index (κ3) is 6.76. The SMILES string of the molecule is CNC(=O)[C@H](C)N(Cc1ccccc1Cl)C(=O)CN(c1ccc(Cl)c(Cl)c1)S(=O)(=O)c1ccc(C)cc1. The number of hydrogen-bond acceptors (Lipinski definition) is 4. The standard InChI is InChI=1S/C26H26Cl3N3O4S/c1-17-8-11-21(12-9-17)37(35,36)32(20-10-13-23(28)24(29)14-20)16-25(33)31(18(2)26(34)30-3)15-19-6-4-5-7-22(19)27/h4-14,18H,15-16H2,1-3H3,(H,30,34)/t18-/m0/s1. The van der Waals surface area contributed by atoms with Crippen LogP contribution in [0.1, 0.15) is 18.1 Å². The van der Waals surface area contributed by atoms with E-state index >= 15 is 0 Å². The third-order valence-electron chi connectivity index (χ3n) is 5.79. The van der Waals surface area contributed by atoms with E-state index in [2.05, 4.69) is 5.32 Å². The van der Waals surface area contributed by atoms with E-state index in [1.54, 1.807) is 43.3 Å². The molecule has 11 heteroatoms. The number of carbonyl (C=O) groups is 2. The Morgan fingerprint density at radius 3 is 2.16 bits per heavy atom. The summed E-state index contributed by atoms with van der Waals surface area (Å²) in [6.45, 7) is 2.79. The van der Waals surface area contributed by atoms with Gasteiger partial charge in [-0.25, -0.2) is 8.42 Å². The van der Waals surface area contributed by atoms with Gasteiger partial charge in [-0.1, -0.05) is 70.7 Å². The minimum absolute atomic E-state index is 0.00558. The molecule has 0 spiro atoms. The first-order valence-corrected chi connectivity index (χ1v) is 13.8. The smallest absolute Gasteiger partial charge is 0.264 e. The lowest BCUT2D eigenvalue weighted by Crippen LogP contribution is -2.50. The summed E-state index contributed by atoms with van der Waals surface area (Å²) in [5, 5.41) is 3.31. The number of halogens is 3. The maximum absolute atomic E-state index is 13.7. The van der Waals surface area contributed by atoms with Crippen LogP contribution in [0.5, 0.6) is 0 Å². The average molecular weight is 583 g/mol. The van der Waals surface area contributed by atoms with E-state index in [1.807, 2.05) is 6.92 Å². The van der Waals surface area contributed by atoms with Gasteiger partial charge in [-0.05, 0) is 55.8 Å². The highest BCUT2D eigenvalue weighted by Crippen LogP contribution is 2.31. The predicted octanol–water partition coefficient (Wildman–Crippen LogP) is 5.31. The van der Waals surface area contributed by atoms with Crippen LogP contribution in [0.4, 0.5) is 5.69 Å². The largest absolute Gasteiger partial charge is 0.357 e. The maximum atomic E-state index is 13.7. The number of nitrogens with zero attached hydrogens (tertiary/aromatic N) is 2. The van der Waals surface area contributed by atoms with E-state index in [0.29, 0.717) is 10.6 Å². The lowest BCUT2D eigenvalue weighted by Gasteiger charge is -2.32. The van der Waals surface area contributed by atoms with Crippen molar-refractivity contribution in [1.82, 2.24) is 10.2 Å². The minimum atomic E-state index is -4.20. The van der Waals surface area contributed by atoms with Crippen molar-refractivity contribution in [2.45, 2.75) is 31.3 Å². The third-order valence-corrected chi connectivity index (χ3v) is 8.69. The molecule has 7 nitrogen and oxygen atoms in total. The minimum Gasteiger partial charge on any atom is -0.357 e. The molecule has 2 amide bonds. The average Bonchev–Trinajstić information content (AvgIpc) is 2.87. The number of benzene rings is 3. The molecule has 196 valence electrons. The van der Waals surface area contributed by atoms with Gasteiger partial charge < -0.3 is 10.2 Å². The fourth-order valence-electron chi connectivity index (χ4n) is 3.61. The van der Waals surface area contributed by atoms with Crippen molar-refractivity contribution in [1.29, 1.82) is 0 Å². The van der Waals surface area contributed by atoms with E-state index in [-0.39, 0.29) is 27.2 Å². The molecule has 0 fully saturated rings. The molecule has 0 aliphatic heterocycles. The fraction of sp³-hybridized carbons (Fsp3) is 0.231. The summed E-state index contributed by atoms with van der Waals surface area (Å²) in [7, 11) is -2.74. The van der Waals surface area contributed by atoms with Gasteiger partial charge in [0.05, 0.1) is 20.6 Å². The molecule has 1 atom stereocenters. The lowest BCUT2D eigenvalue weighted by atomic mass is 10.1. The van der Waals surface area contributed by atoms with Gasteiger partial charge in [-0.15, -0.1) is 0 Å². The number of anilines is 1. The number of hydrogen-bond donors (Lipinski definition) is 1. The predicted molar refractivity (Wildman–Crippen MR) is 148 cm³/mol. The molecular weight excluding hydrogens is 557 g/mol. The van der Waals surface area contributed by atoms with E-state index in [9.17, 15) is 18.0 Å². The highest BCUT2D eigenvalue weighted by molar-refractivity contribution is 7.92. The first-order chi connectivity index (χ1) is 17.4. The van der Waals surface area contributed by atoms with Crippen LogP contribution in [0.25, 0.3) is 0 Å². The molecule has 1 N–H and O–H groups in total. The molecule has 0 bridgehead atoms. The zero-order chi connectivity index (χ0) is 27.3. The highest BCUT2D eigenvalue weighted by Gasteiger charge is 2.32. The number of likely N-dealkylation sites (N-methyl/N-ethyl adjacent to an activating group) is 1. The Morgan fingerprint density at radius 1 is 0.919 bits per heavy atom. The van der Waals surface area contributed by atoms with E-state index < -0.39 is 34.4 Å². The van der Waals surface area contributed by atoms with Gasteiger partial charge >= 0.3 is 0 Å². The van der Waals surface area contributed by atoms with Crippen molar-refractivity contribution in [3.05, 3.63) is 92.9 Å². The first kappa shape index (κ1) is 28.8. The topological polar surface area (TPSA) is 86.8 Å². The van der Waals surface area contributed by atoms with Crippen LogP contribution in [-0.2, 0) is 26.2 Å². The molecule has 0 saturated heterocycles. The molecular formula is C26H26Cl3N3O4S. The van der Waals surface area contributed by atoms with Gasteiger partial charge in [0, 0.05) is 18.6 Å². The number of aryl methyl sites for hydroxylation is 1. The molecule has 0 heterocycles. The van der Waals surface area contributed by atoms with Crippen LogP contribution in [0, 0.1) is 6.92 Å². The molecule has 3 aromatic carbocycles. The summed E-state index contributed by atoms with van der Waals surface area (Å²) in [6, 6.07) is 16.6. The Kier molecular flexibility index (Phi) is 9.47. The Balaban J connectivity index is 2.07. The molecule has 0 saturated carbocycles. The Morgan fingerprint density at radius 2 is 1.57 bits per heavy atom. The van der Waals surface area contributed by atoms with E-state index in [0.717, 1.165) is 9.87 Å². The highest BCUT2D eigenvalue weighted by atomic mass is 35.5. The van der Waals surface area contributed by atoms with Crippen molar-refractivity contribution in [2.75, 3.05) is 17.9 Å². The number of rotatable bonds is 9. The summed E-state index contributed by atoms with van der Waals surface area (Å²) in [5.41, 5.74) is 1.63. The maximum Gasteiger partial charge on any atom is 0.264 e. The summed E-state index contributed by atoms with van der Waals surface area (Å²) in [6.07, 6.45) is 0. The van der Waals surface area contributed by atoms with Crippen LogP contribution in [0.15, 0.2) is 71.6 Å². The van der Waals surface area contributed by atoms with Crippen LogP contribution in [-0.4, -0.2) is 44.8 Å². The Labute approximate surface area is 232 Å². The Bertz CT molecular complexity index is 1400. The summed E-state index contributed by atoms with van der Waals surface area (Å²) >= 11 is 18.6. The van der Waals surface area contributed by atoms with Crippen LogP contribution < -0.4 is 9.62 Å². The second-order valence-corrected chi connectivity index (χ2v) is 11.4. The molecule has 0 radical (unpaired) electrons. The number of nitrogens with one attached hydrogen (secondary N) is 1. The summed E-state index contributed by atoms with van der Waals surface area (Å²) in [4.78, 5) is 27.5. The van der Waals surface area contributed by atoms with Crippen molar-refractivity contribution in [3.8, 4) is 0 Å². The van der Waals surface area contributed by atoms with E-state index in [4.69, 9.17) is 34.8 Å². The first-order valence-electron chi connectivity index (χ1n) is 11.2. The molecule has 0 aromatic heterocycles. The molecule has 3 rings (SSSR count). The van der Waals surface area contributed by atoms with Crippen molar-refractivity contribution in [3.63, 3.8) is 0 Å². The van der Waals surface area contributed by atoms with Gasteiger partial charge in [0.2, 0.25) is 11.8 Å². The van der Waals surface area contributed by atoms with Crippen molar-refractivity contribution in [2.24, 2.45) is 0 Å². The lowest BCUT2D eigenvalue weighted by molar-refractivity contribution is -0.139. The molecule has 37 heavy (non-hydrogen) atoms. The van der Waals surface area contributed by atoms with Gasteiger partial charge in [0.15, 0.2) is 0 Å². The van der Waals surface area contributed by atoms with Crippen molar-refractivity contribution < 1.29 is 18.0 Å². The number of amides is 2. The second-order valence-electron chi connectivity index (χ2n) is 8.33. The summed E-state index contributed by atoms with van der Waals surface area (Å²) in [5.74, 6) is -1.03. The fourth-order valence-corrected chi connectivity index (χ4v) is 5.50. The van der Waals surface area contributed by atoms with Crippen molar-refractivity contribution >= 4 is 62.3 Å². The monoisotopic (exact) mass is 581 g/mol. The van der Waals surface area contributed by atoms with Gasteiger partial charge in [0.25, 0.3) is 10.0 Å². The quantitative estimate of drug-likeness (QED) is 0.370. The zero-order valence-electron chi connectivity index (χ0n) is 20.4. The van der Waals surface area contributed by atoms with Gasteiger partial charge in [0.1, 0.15) is 12.6 Å². The van der Waals surface area contributed by atoms with Gasteiger partial charge in [-0.2, -0.15) is 0 Å². The van der Waals surface area contributed by atoms with Gasteiger partial charge in [-0.3, -0.25) is 13.9 Å². The zero-order valence-corrected chi connectivity index (χ0v) is 23.5. The van der Waals surface area contributed by atoms with Crippen LogP contribution in [0.2, 0.25) is 15.1 Å². The molecule has 0 unspecified atom stereocenters. The molecule has 0 aliphatic carbocycles.